The van der Waals surface area contributed by atoms with Crippen molar-refractivity contribution in [2.45, 2.75) is 18.1 Å². The molecule has 2 heterocycles. The topological polar surface area (TPSA) is 129 Å². The summed E-state index contributed by atoms with van der Waals surface area (Å²) in [6.45, 7) is 1.17. The first-order valence-corrected chi connectivity index (χ1v) is 8.90. The molecule has 0 atom stereocenters. The minimum Gasteiger partial charge on any atom is -0.493 e. The van der Waals surface area contributed by atoms with Crippen LogP contribution < -0.4 is 20.9 Å². The van der Waals surface area contributed by atoms with Crippen molar-refractivity contribution in [2.24, 2.45) is 0 Å². The minimum absolute atomic E-state index is 0.00649. The number of nitrogens with zero attached hydrogens (tertiary/aromatic N) is 4. The van der Waals surface area contributed by atoms with E-state index in [1.807, 2.05) is 12.1 Å². The molecule has 1 aliphatic rings. The van der Waals surface area contributed by atoms with Crippen LogP contribution in [-0.4, -0.2) is 52.3 Å². The van der Waals surface area contributed by atoms with Gasteiger partial charge < -0.3 is 25.8 Å². The predicted octanol–water partition coefficient (Wildman–Crippen LogP) is 0.730. The molecule has 0 aliphatic carbocycles. The van der Waals surface area contributed by atoms with Crippen molar-refractivity contribution < 1.29 is 14.3 Å². The van der Waals surface area contributed by atoms with Crippen LogP contribution >= 0.6 is 11.8 Å². The van der Waals surface area contributed by atoms with E-state index in [0.717, 1.165) is 17.5 Å². The summed E-state index contributed by atoms with van der Waals surface area (Å²) in [6, 6.07) is 3.90. The van der Waals surface area contributed by atoms with Crippen molar-refractivity contribution in [3.63, 3.8) is 0 Å². The fourth-order valence-corrected chi connectivity index (χ4v) is 3.52. The second-order valence-electron chi connectivity index (χ2n) is 5.66. The van der Waals surface area contributed by atoms with Crippen molar-refractivity contribution in [1.29, 1.82) is 0 Å². The Balaban J connectivity index is 1.67. The van der Waals surface area contributed by atoms with Gasteiger partial charge in [-0.2, -0.15) is 15.0 Å². The van der Waals surface area contributed by atoms with Crippen molar-refractivity contribution in [2.75, 3.05) is 38.0 Å². The van der Waals surface area contributed by atoms with E-state index >= 15 is 0 Å². The molecule has 0 radical (unpaired) electrons. The number of rotatable bonds is 5. The van der Waals surface area contributed by atoms with Crippen LogP contribution in [0.15, 0.2) is 17.3 Å². The number of amides is 1. The number of methoxy groups -OCH3 is 2. The van der Waals surface area contributed by atoms with Gasteiger partial charge in [0.25, 0.3) is 0 Å². The van der Waals surface area contributed by atoms with E-state index in [9.17, 15) is 4.79 Å². The number of nitrogen functional groups attached to an aromatic ring is 2. The van der Waals surface area contributed by atoms with Gasteiger partial charge in [0.2, 0.25) is 17.8 Å². The quantitative estimate of drug-likeness (QED) is 0.725. The predicted molar refractivity (Wildman–Crippen MR) is 98.0 cm³/mol. The summed E-state index contributed by atoms with van der Waals surface area (Å²) < 4.78 is 10.7. The fraction of sp³-hybridized carbons (Fsp3) is 0.375. The van der Waals surface area contributed by atoms with Crippen LogP contribution in [0.25, 0.3) is 0 Å². The minimum atomic E-state index is -0.00649. The van der Waals surface area contributed by atoms with Crippen molar-refractivity contribution in [1.82, 2.24) is 19.9 Å². The molecule has 0 spiro atoms. The third kappa shape index (κ3) is 3.90. The summed E-state index contributed by atoms with van der Waals surface area (Å²) in [6.07, 6.45) is 0.762. The van der Waals surface area contributed by atoms with Gasteiger partial charge in [-0.3, -0.25) is 4.79 Å². The highest BCUT2D eigenvalue weighted by molar-refractivity contribution is 7.99. The number of carbonyl (C=O) groups excluding carboxylic acids is 1. The van der Waals surface area contributed by atoms with Crippen molar-refractivity contribution >= 4 is 29.6 Å². The SMILES string of the molecule is COc1cc2c(cc1OC)CN(C(=O)CSc1nc(N)nc(N)n1)CC2. The number of hydrogen-bond acceptors (Lipinski definition) is 9. The van der Waals surface area contributed by atoms with Crippen molar-refractivity contribution in [3.8, 4) is 11.5 Å². The highest BCUT2D eigenvalue weighted by Crippen LogP contribution is 2.33. The second-order valence-corrected chi connectivity index (χ2v) is 6.61. The van der Waals surface area contributed by atoms with Crippen LogP contribution in [0.1, 0.15) is 11.1 Å². The number of benzene rings is 1. The van der Waals surface area contributed by atoms with E-state index in [1.54, 1.807) is 19.1 Å². The van der Waals surface area contributed by atoms with E-state index in [0.29, 0.717) is 29.7 Å². The third-order valence-electron chi connectivity index (χ3n) is 4.04. The molecule has 1 aliphatic heterocycles. The lowest BCUT2D eigenvalue weighted by atomic mass is 9.99. The summed E-state index contributed by atoms with van der Waals surface area (Å²) in [5, 5.41) is 0.340. The smallest absolute Gasteiger partial charge is 0.233 e. The first-order chi connectivity index (χ1) is 12.5. The number of nitrogens with two attached hydrogens (primary N) is 2. The maximum atomic E-state index is 12.5. The number of anilines is 2. The Morgan fingerprint density at radius 2 is 1.73 bits per heavy atom. The molecule has 2 aromatic rings. The van der Waals surface area contributed by atoms with Gasteiger partial charge in [0, 0.05) is 13.1 Å². The maximum Gasteiger partial charge on any atom is 0.233 e. The van der Waals surface area contributed by atoms with Gasteiger partial charge in [-0.25, -0.2) is 0 Å². The van der Waals surface area contributed by atoms with E-state index in [-0.39, 0.29) is 23.6 Å². The van der Waals surface area contributed by atoms with Gasteiger partial charge in [0.1, 0.15) is 0 Å². The number of hydrogen-bond donors (Lipinski definition) is 2. The Labute approximate surface area is 155 Å². The summed E-state index contributed by atoms with van der Waals surface area (Å²) >= 11 is 1.19. The molecule has 9 nitrogen and oxygen atoms in total. The molecular weight excluding hydrogens is 356 g/mol. The first kappa shape index (κ1) is 18.1. The van der Waals surface area contributed by atoms with Crippen LogP contribution in [0.2, 0.25) is 0 Å². The van der Waals surface area contributed by atoms with Crippen molar-refractivity contribution in [3.05, 3.63) is 23.3 Å². The molecule has 0 saturated heterocycles. The molecular formula is C16H20N6O3S. The molecule has 1 aromatic heterocycles. The lowest BCUT2D eigenvalue weighted by molar-refractivity contribution is -0.129. The van der Waals surface area contributed by atoms with E-state index in [4.69, 9.17) is 20.9 Å². The van der Waals surface area contributed by atoms with Gasteiger partial charge in [0.15, 0.2) is 16.7 Å². The molecule has 1 amide bonds. The zero-order valence-corrected chi connectivity index (χ0v) is 15.4. The Kier molecular flexibility index (Phi) is 5.31. The van der Waals surface area contributed by atoms with Gasteiger partial charge in [-0.1, -0.05) is 11.8 Å². The molecule has 26 heavy (non-hydrogen) atoms. The van der Waals surface area contributed by atoms with Gasteiger partial charge in [-0.15, -0.1) is 0 Å². The fourth-order valence-electron chi connectivity index (χ4n) is 2.77. The molecule has 1 aromatic carbocycles. The van der Waals surface area contributed by atoms with Gasteiger partial charge >= 0.3 is 0 Å². The summed E-state index contributed by atoms with van der Waals surface area (Å²) in [7, 11) is 3.21. The summed E-state index contributed by atoms with van der Waals surface area (Å²) in [5.41, 5.74) is 13.3. The Bertz CT molecular complexity index is 812. The molecule has 10 heteroatoms. The van der Waals surface area contributed by atoms with Gasteiger partial charge in [0.05, 0.1) is 20.0 Å². The Hall–Kier alpha value is -2.75. The first-order valence-electron chi connectivity index (χ1n) is 7.91. The van der Waals surface area contributed by atoms with E-state index in [2.05, 4.69) is 15.0 Å². The van der Waals surface area contributed by atoms with Crippen LogP contribution in [0.4, 0.5) is 11.9 Å². The van der Waals surface area contributed by atoms with Crippen LogP contribution in [0.3, 0.4) is 0 Å². The Morgan fingerprint density at radius 3 is 2.35 bits per heavy atom. The summed E-state index contributed by atoms with van der Waals surface area (Å²) in [5.74, 6) is 1.64. The highest BCUT2D eigenvalue weighted by Gasteiger charge is 2.23. The molecule has 0 unspecified atom stereocenters. The molecule has 0 saturated carbocycles. The number of ether oxygens (including phenoxy) is 2. The van der Waals surface area contributed by atoms with Gasteiger partial charge in [-0.05, 0) is 29.7 Å². The molecule has 3 rings (SSSR count). The summed E-state index contributed by atoms with van der Waals surface area (Å²) in [4.78, 5) is 26.0. The number of fused-ring (bicyclic) bond motifs is 1. The number of aromatic nitrogens is 3. The maximum absolute atomic E-state index is 12.5. The van der Waals surface area contributed by atoms with E-state index < -0.39 is 0 Å². The normalized spacial score (nSPS) is 13.2. The Morgan fingerprint density at radius 1 is 1.12 bits per heavy atom. The van der Waals surface area contributed by atoms with Crippen LogP contribution in [0, 0.1) is 0 Å². The molecule has 0 bridgehead atoms. The lowest BCUT2D eigenvalue weighted by Gasteiger charge is -2.29. The zero-order chi connectivity index (χ0) is 18.7. The van der Waals surface area contributed by atoms with Crippen LogP contribution in [0.5, 0.6) is 11.5 Å². The third-order valence-corrected chi connectivity index (χ3v) is 4.88. The molecule has 138 valence electrons. The number of thioether (sulfide) groups is 1. The monoisotopic (exact) mass is 376 g/mol. The standard InChI is InChI=1S/C16H20N6O3S/c1-24-11-5-9-3-4-22(7-10(9)6-12(11)25-2)13(23)8-26-16-20-14(17)19-15(18)21-16/h5-6H,3-4,7-8H2,1-2H3,(H4,17,18,19,20,21). The van der Waals surface area contributed by atoms with E-state index in [1.165, 1.54) is 11.8 Å². The number of carbonyl (C=O) groups is 1. The average molecular weight is 376 g/mol. The van der Waals surface area contributed by atoms with Crippen LogP contribution in [-0.2, 0) is 17.8 Å². The zero-order valence-electron chi connectivity index (χ0n) is 14.6. The largest absolute Gasteiger partial charge is 0.493 e. The average Bonchev–Trinajstić information content (AvgIpc) is 2.63. The lowest BCUT2D eigenvalue weighted by Crippen LogP contribution is -2.37. The molecule has 0 fully saturated rings. The molecule has 4 N–H and O–H groups in total. The highest BCUT2D eigenvalue weighted by atomic mass is 32.2. The second kappa shape index (κ2) is 7.65.